The highest BCUT2D eigenvalue weighted by atomic mass is 32.1. The standard InChI is InChI=1S/C44H33NS.2C13H12/c1-30-11-6-7-14-38(30)42-29-34(20-19-31(42)2)32-21-25-36(26-22-32)45(35-12-4-3-5-13-35)37-27-23-33(24-28-37)39-16-10-17-41-40-15-8-9-18-43(40)46-44(39)41;1-11-6-5-9-13(10-11)12-7-3-2-4-8-12;1-11-7-9-13(10-8-11)12-5-3-2-4-6-12/h3-29H,1-2H3;2*2-10H,1H3. The molecule has 1 heterocycles. The van der Waals surface area contributed by atoms with Crippen molar-refractivity contribution >= 4 is 48.6 Å². The van der Waals surface area contributed by atoms with Crippen LogP contribution in [-0.2, 0) is 0 Å². The van der Waals surface area contributed by atoms with Crippen LogP contribution in [-0.4, -0.2) is 0 Å². The molecule has 12 aromatic rings. The zero-order chi connectivity index (χ0) is 49.2. The molecule has 0 atom stereocenters. The van der Waals surface area contributed by atoms with Gasteiger partial charge in [-0.3, -0.25) is 0 Å². The van der Waals surface area contributed by atoms with Gasteiger partial charge in [0, 0.05) is 37.2 Å². The number of anilines is 3. The molecule has 348 valence electrons. The van der Waals surface area contributed by atoms with Crippen molar-refractivity contribution in [2.75, 3.05) is 4.90 Å². The molecular weight excluding hydrogens is 887 g/mol. The van der Waals surface area contributed by atoms with Crippen LogP contribution in [0.25, 0.3) is 75.8 Å². The van der Waals surface area contributed by atoms with E-state index >= 15 is 0 Å². The lowest BCUT2D eigenvalue weighted by Gasteiger charge is -2.26. The lowest BCUT2D eigenvalue weighted by Crippen LogP contribution is -2.09. The number of para-hydroxylation sites is 1. The number of hydrogen-bond acceptors (Lipinski definition) is 2. The molecule has 0 fully saturated rings. The van der Waals surface area contributed by atoms with Crippen molar-refractivity contribution in [1.29, 1.82) is 0 Å². The molecule has 72 heavy (non-hydrogen) atoms. The third kappa shape index (κ3) is 10.8. The Morgan fingerprint density at radius 1 is 0.264 bits per heavy atom. The van der Waals surface area contributed by atoms with Gasteiger partial charge in [-0.25, -0.2) is 0 Å². The molecular formula is C70H57NS. The minimum atomic E-state index is 1.13. The van der Waals surface area contributed by atoms with Gasteiger partial charge in [-0.05, 0) is 143 Å². The maximum Gasteiger partial charge on any atom is 0.0462 e. The van der Waals surface area contributed by atoms with Gasteiger partial charge in [-0.2, -0.15) is 0 Å². The zero-order valence-corrected chi connectivity index (χ0v) is 42.2. The van der Waals surface area contributed by atoms with Crippen molar-refractivity contribution < 1.29 is 0 Å². The maximum absolute atomic E-state index is 2.33. The van der Waals surface area contributed by atoms with E-state index in [9.17, 15) is 0 Å². The highest BCUT2D eigenvalue weighted by Crippen LogP contribution is 2.42. The molecule has 0 N–H and O–H groups in total. The Balaban J connectivity index is 0.000000185. The smallest absolute Gasteiger partial charge is 0.0462 e. The van der Waals surface area contributed by atoms with Crippen LogP contribution in [0.1, 0.15) is 22.3 Å². The monoisotopic (exact) mass is 943 g/mol. The number of benzene rings is 11. The fourth-order valence-corrected chi connectivity index (χ4v) is 10.6. The summed E-state index contributed by atoms with van der Waals surface area (Å²) < 4.78 is 2.67. The van der Waals surface area contributed by atoms with Gasteiger partial charge in [0.1, 0.15) is 0 Å². The predicted octanol–water partition coefficient (Wildman–Crippen LogP) is 20.5. The van der Waals surface area contributed by atoms with Gasteiger partial charge in [0.2, 0.25) is 0 Å². The van der Waals surface area contributed by atoms with Gasteiger partial charge in [-0.15, -0.1) is 11.3 Å². The average Bonchev–Trinajstić information content (AvgIpc) is 3.82. The Kier molecular flexibility index (Phi) is 14.4. The van der Waals surface area contributed by atoms with Gasteiger partial charge in [-0.1, -0.05) is 236 Å². The average molecular weight is 944 g/mol. The van der Waals surface area contributed by atoms with E-state index < -0.39 is 0 Å². The van der Waals surface area contributed by atoms with Crippen molar-refractivity contribution in [3.05, 3.63) is 295 Å². The number of nitrogens with zero attached hydrogens (tertiary/aromatic N) is 1. The summed E-state index contributed by atoms with van der Waals surface area (Å²) in [6.07, 6.45) is 0. The van der Waals surface area contributed by atoms with E-state index in [1.54, 1.807) is 0 Å². The molecule has 0 bridgehead atoms. The highest BCUT2D eigenvalue weighted by Gasteiger charge is 2.15. The summed E-state index contributed by atoms with van der Waals surface area (Å²) in [4.78, 5) is 2.33. The van der Waals surface area contributed by atoms with E-state index in [0.29, 0.717) is 0 Å². The molecule has 1 nitrogen and oxygen atoms in total. The third-order valence-corrected chi connectivity index (χ3v) is 14.5. The molecule has 0 aliphatic rings. The van der Waals surface area contributed by atoms with E-state index in [2.05, 4.69) is 293 Å². The van der Waals surface area contributed by atoms with Crippen LogP contribution >= 0.6 is 11.3 Å². The summed E-state index contributed by atoms with van der Waals surface area (Å²) in [7, 11) is 0. The van der Waals surface area contributed by atoms with Gasteiger partial charge in [0.25, 0.3) is 0 Å². The van der Waals surface area contributed by atoms with Crippen LogP contribution in [0.15, 0.2) is 273 Å². The molecule has 0 spiro atoms. The first-order valence-electron chi connectivity index (χ1n) is 24.7. The summed E-state index contributed by atoms with van der Waals surface area (Å²) >= 11 is 1.88. The van der Waals surface area contributed by atoms with Crippen molar-refractivity contribution in [2.45, 2.75) is 27.7 Å². The van der Waals surface area contributed by atoms with Gasteiger partial charge >= 0.3 is 0 Å². The van der Waals surface area contributed by atoms with Crippen LogP contribution in [0.5, 0.6) is 0 Å². The van der Waals surface area contributed by atoms with E-state index in [1.165, 1.54) is 98.1 Å². The number of rotatable bonds is 8. The first-order valence-corrected chi connectivity index (χ1v) is 25.5. The lowest BCUT2D eigenvalue weighted by molar-refractivity contribution is 1.28. The van der Waals surface area contributed by atoms with Gasteiger partial charge in [0.05, 0.1) is 0 Å². The summed E-state index contributed by atoms with van der Waals surface area (Å²) in [5.74, 6) is 0. The fraction of sp³-hybridized carbons (Fsp3) is 0.0571. The number of fused-ring (bicyclic) bond motifs is 3. The summed E-state index contributed by atoms with van der Waals surface area (Å²) in [6, 6.07) is 97.4. The molecule has 11 aromatic carbocycles. The molecule has 1 aromatic heterocycles. The summed E-state index contributed by atoms with van der Waals surface area (Å²) in [6.45, 7) is 8.60. The third-order valence-electron chi connectivity index (χ3n) is 13.3. The van der Waals surface area contributed by atoms with Crippen molar-refractivity contribution in [2.24, 2.45) is 0 Å². The van der Waals surface area contributed by atoms with Crippen LogP contribution in [0.3, 0.4) is 0 Å². The first-order chi connectivity index (χ1) is 35.4. The van der Waals surface area contributed by atoms with Gasteiger partial charge in [0.15, 0.2) is 0 Å². The fourth-order valence-electron chi connectivity index (χ4n) is 9.39. The van der Waals surface area contributed by atoms with E-state index in [1.807, 2.05) is 23.5 Å². The molecule has 0 radical (unpaired) electrons. The van der Waals surface area contributed by atoms with Crippen LogP contribution in [0, 0.1) is 27.7 Å². The van der Waals surface area contributed by atoms with E-state index in [-0.39, 0.29) is 0 Å². The first kappa shape index (κ1) is 47.1. The minimum absolute atomic E-state index is 1.13. The second kappa shape index (κ2) is 22.0. The number of aryl methyl sites for hydroxylation is 4. The molecule has 0 saturated carbocycles. The van der Waals surface area contributed by atoms with E-state index in [0.717, 1.165) is 17.1 Å². The zero-order valence-electron chi connectivity index (χ0n) is 41.3. The minimum Gasteiger partial charge on any atom is -0.311 e. The van der Waals surface area contributed by atoms with Gasteiger partial charge < -0.3 is 4.90 Å². The Labute approximate surface area is 429 Å². The topological polar surface area (TPSA) is 3.24 Å². The molecule has 0 unspecified atom stereocenters. The molecule has 0 aliphatic carbocycles. The van der Waals surface area contributed by atoms with Crippen molar-refractivity contribution in [3.8, 4) is 55.6 Å². The van der Waals surface area contributed by atoms with Crippen LogP contribution in [0.2, 0.25) is 0 Å². The molecule has 0 amide bonds. The highest BCUT2D eigenvalue weighted by molar-refractivity contribution is 7.26. The summed E-state index contributed by atoms with van der Waals surface area (Å²) in [5, 5.41) is 2.66. The Morgan fingerprint density at radius 3 is 1.38 bits per heavy atom. The van der Waals surface area contributed by atoms with Crippen LogP contribution in [0.4, 0.5) is 17.1 Å². The summed E-state index contributed by atoms with van der Waals surface area (Å²) in [5.41, 5.74) is 21.2. The Hall–Kier alpha value is -8.56. The molecule has 0 aliphatic heterocycles. The van der Waals surface area contributed by atoms with Crippen LogP contribution < -0.4 is 4.90 Å². The molecule has 2 heteroatoms. The SMILES string of the molecule is Cc1ccc(-c2ccccc2)cc1.Cc1cccc(-c2ccccc2)c1.Cc1ccccc1-c1cc(-c2ccc(N(c3ccccc3)c3ccc(-c4cccc5c4sc4ccccc45)cc3)cc2)ccc1C. The molecule has 12 rings (SSSR count). The van der Waals surface area contributed by atoms with Crippen molar-refractivity contribution in [1.82, 2.24) is 0 Å². The number of thiophene rings is 1. The Bertz CT molecular complexity index is 3690. The second-order valence-electron chi connectivity index (χ2n) is 18.4. The predicted molar refractivity (Wildman–Crippen MR) is 313 cm³/mol. The second-order valence-corrected chi connectivity index (χ2v) is 19.4. The Morgan fingerprint density at radius 2 is 0.708 bits per heavy atom. The lowest BCUT2D eigenvalue weighted by atomic mass is 9.93. The quantitative estimate of drug-likeness (QED) is 0.147. The molecule has 0 saturated heterocycles. The largest absolute Gasteiger partial charge is 0.311 e. The maximum atomic E-state index is 2.33. The van der Waals surface area contributed by atoms with Crippen molar-refractivity contribution in [3.63, 3.8) is 0 Å². The normalized spacial score (nSPS) is 10.8. The number of hydrogen-bond donors (Lipinski definition) is 0. The van der Waals surface area contributed by atoms with E-state index in [4.69, 9.17) is 0 Å².